The van der Waals surface area contributed by atoms with Crippen LogP contribution < -0.4 is 5.32 Å². The second-order valence-corrected chi connectivity index (χ2v) is 9.51. The molecule has 1 aliphatic rings. The van der Waals surface area contributed by atoms with Gasteiger partial charge < -0.3 is 10.2 Å². The van der Waals surface area contributed by atoms with Gasteiger partial charge in [-0.05, 0) is 85.4 Å². The standard InChI is InChI=1S/C30H32N4O/c1-22-10-11-26(19-29(22)33-20-27-9-2-3-14-32-27)30(35)34-16-5-6-23(13-17-34)18-25-8-4-7-24-12-15-31-21-28(24)25/h2-4,7-12,14-15,19,21,23,33H,5-6,13,16-18,20H2,1H3. The summed E-state index contributed by atoms with van der Waals surface area (Å²) in [6, 6.07) is 20.5. The van der Waals surface area contributed by atoms with E-state index in [0.29, 0.717) is 12.5 Å². The molecule has 5 nitrogen and oxygen atoms in total. The van der Waals surface area contributed by atoms with Crippen LogP contribution in [0, 0.1) is 12.8 Å². The summed E-state index contributed by atoms with van der Waals surface area (Å²) in [5, 5.41) is 5.94. The fourth-order valence-corrected chi connectivity index (χ4v) is 5.05. The summed E-state index contributed by atoms with van der Waals surface area (Å²) in [6.07, 6.45) is 9.88. The van der Waals surface area contributed by atoms with Crippen molar-refractivity contribution < 1.29 is 4.79 Å². The molecule has 0 bridgehead atoms. The van der Waals surface area contributed by atoms with Crippen molar-refractivity contribution >= 4 is 22.4 Å². The highest BCUT2D eigenvalue weighted by Crippen LogP contribution is 2.27. The number of rotatable bonds is 6. The summed E-state index contributed by atoms with van der Waals surface area (Å²) in [6.45, 7) is 4.32. The van der Waals surface area contributed by atoms with Crippen molar-refractivity contribution in [3.63, 3.8) is 0 Å². The number of nitrogens with zero attached hydrogens (tertiary/aromatic N) is 3. The number of carbonyl (C=O) groups excluding carboxylic acids is 1. The quantitative estimate of drug-likeness (QED) is 0.378. The van der Waals surface area contributed by atoms with Gasteiger partial charge in [-0.2, -0.15) is 0 Å². The molecule has 4 aromatic rings. The minimum absolute atomic E-state index is 0.126. The molecule has 1 aliphatic heterocycles. The van der Waals surface area contributed by atoms with E-state index < -0.39 is 0 Å². The smallest absolute Gasteiger partial charge is 0.253 e. The van der Waals surface area contributed by atoms with Gasteiger partial charge >= 0.3 is 0 Å². The number of aryl methyl sites for hydroxylation is 1. The largest absolute Gasteiger partial charge is 0.379 e. The SMILES string of the molecule is Cc1ccc(C(=O)N2CCCC(Cc3cccc4ccncc34)CC2)cc1NCc1ccccn1. The molecule has 1 amide bonds. The van der Waals surface area contributed by atoms with Crippen molar-refractivity contribution in [1.29, 1.82) is 0 Å². The second kappa shape index (κ2) is 10.7. The average Bonchev–Trinajstić information content (AvgIpc) is 3.14. The molecule has 1 N–H and O–H groups in total. The second-order valence-electron chi connectivity index (χ2n) is 9.51. The van der Waals surface area contributed by atoms with Crippen LogP contribution in [0.4, 0.5) is 5.69 Å². The van der Waals surface area contributed by atoms with Gasteiger partial charge in [-0.1, -0.05) is 30.3 Å². The lowest BCUT2D eigenvalue weighted by molar-refractivity contribution is 0.0760. The van der Waals surface area contributed by atoms with E-state index in [1.807, 2.05) is 53.7 Å². The number of hydrogen-bond donors (Lipinski definition) is 1. The first-order valence-corrected chi connectivity index (χ1v) is 12.5. The third-order valence-electron chi connectivity index (χ3n) is 7.09. The number of aromatic nitrogens is 2. The summed E-state index contributed by atoms with van der Waals surface area (Å²) in [4.78, 5) is 24.2. The van der Waals surface area contributed by atoms with Crippen molar-refractivity contribution in [3.8, 4) is 0 Å². The Kier molecular flexibility index (Phi) is 7.03. The molecule has 1 atom stereocenters. The number of hydrogen-bond acceptors (Lipinski definition) is 4. The Labute approximate surface area is 207 Å². The minimum atomic E-state index is 0.126. The Bertz CT molecular complexity index is 1300. The molecule has 5 rings (SSSR count). The zero-order valence-corrected chi connectivity index (χ0v) is 20.3. The Balaban J connectivity index is 1.23. The minimum Gasteiger partial charge on any atom is -0.379 e. The summed E-state index contributed by atoms with van der Waals surface area (Å²) in [5.41, 5.74) is 5.20. The third-order valence-corrected chi connectivity index (χ3v) is 7.09. The zero-order chi connectivity index (χ0) is 24.0. The summed E-state index contributed by atoms with van der Waals surface area (Å²) < 4.78 is 0. The van der Waals surface area contributed by atoms with Crippen molar-refractivity contribution in [1.82, 2.24) is 14.9 Å². The molecule has 5 heteroatoms. The maximum Gasteiger partial charge on any atom is 0.253 e. The van der Waals surface area contributed by atoms with Crippen molar-refractivity contribution in [2.45, 2.75) is 39.2 Å². The fourth-order valence-electron chi connectivity index (χ4n) is 5.05. The molecule has 0 aliphatic carbocycles. The van der Waals surface area contributed by atoms with Crippen LogP contribution >= 0.6 is 0 Å². The number of amides is 1. The Hall–Kier alpha value is -3.73. The molecule has 0 saturated carbocycles. The van der Waals surface area contributed by atoms with Gasteiger partial charge in [0.15, 0.2) is 0 Å². The Morgan fingerprint density at radius 3 is 2.86 bits per heavy atom. The lowest BCUT2D eigenvalue weighted by atomic mass is 9.91. The van der Waals surface area contributed by atoms with Gasteiger partial charge in [-0.25, -0.2) is 0 Å². The highest BCUT2D eigenvalue weighted by molar-refractivity contribution is 5.95. The van der Waals surface area contributed by atoms with Gasteiger partial charge in [0.2, 0.25) is 0 Å². The molecule has 0 radical (unpaired) electrons. The number of pyridine rings is 2. The highest BCUT2D eigenvalue weighted by Gasteiger charge is 2.22. The van der Waals surface area contributed by atoms with Crippen LogP contribution in [0.15, 0.2) is 79.3 Å². The van der Waals surface area contributed by atoms with Crippen LogP contribution in [0.3, 0.4) is 0 Å². The first-order chi connectivity index (χ1) is 17.2. The van der Waals surface area contributed by atoms with Gasteiger partial charge in [-0.15, -0.1) is 0 Å². The zero-order valence-electron chi connectivity index (χ0n) is 20.3. The molecule has 1 saturated heterocycles. The van der Waals surface area contributed by atoms with Crippen molar-refractivity contribution in [2.75, 3.05) is 18.4 Å². The van der Waals surface area contributed by atoms with Crippen LogP contribution in [0.5, 0.6) is 0 Å². The van der Waals surface area contributed by atoms with Crippen molar-refractivity contribution in [2.24, 2.45) is 5.92 Å². The van der Waals surface area contributed by atoms with E-state index in [4.69, 9.17) is 0 Å². The lowest BCUT2D eigenvalue weighted by Crippen LogP contribution is -2.32. The van der Waals surface area contributed by atoms with Gasteiger partial charge in [-0.3, -0.25) is 14.8 Å². The van der Waals surface area contributed by atoms with E-state index in [0.717, 1.165) is 61.3 Å². The predicted octanol–water partition coefficient (Wildman–Crippen LogP) is 6.04. The van der Waals surface area contributed by atoms with E-state index in [1.54, 1.807) is 6.20 Å². The summed E-state index contributed by atoms with van der Waals surface area (Å²) in [5.74, 6) is 0.702. The van der Waals surface area contributed by atoms with Crippen LogP contribution in [0.2, 0.25) is 0 Å². The highest BCUT2D eigenvalue weighted by atomic mass is 16.2. The summed E-state index contributed by atoms with van der Waals surface area (Å²) in [7, 11) is 0. The first kappa shape index (κ1) is 23.0. The third kappa shape index (κ3) is 5.51. The molecular formula is C30H32N4O. The average molecular weight is 465 g/mol. The van der Waals surface area contributed by atoms with Gasteiger partial charge in [0.25, 0.3) is 5.91 Å². The molecule has 35 heavy (non-hydrogen) atoms. The van der Waals surface area contributed by atoms with E-state index in [-0.39, 0.29) is 5.91 Å². The molecule has 1 unspecified atom stereocenters. The van der Waals surface area contributed by atoms with Crippen molar-refractivity contribution in [3.05, 3.63) is 102 Å². The van der Waals surface area contributed by atoms with Crippen LogP contribution in [0.25, 0.3) is 10.8 Å². The van der Waals surface area contributed by atoms with Gasteiger partial charge in [0, 0.05) is 48.3 Å². The number of anilines is 1. The van der Waals surface area contributed by atoms with Crippen LogP contribution in [-0.2, 0) is 13.0 Å². The molecule has 1 fully saturated rings. The monoisotopic (exact) mass is 464 g/mol. The number of likely N-dealkylation sites (tertiary alicyclic amines) is 1. The Morgan fingerprint density at radius 2 is 1.97 bits per heavy atom. The molecule has 2 aromatic heterocycles. The number of nitrogens with one attached hydrogen (secondary N) is 1. The van der Waals surface area contributed by atoms with E-state index in [1.165, 1.54) is 16.3 Å². The van der Waals surface area contributed by atoms with Crippen LogP contribution in [0.1, 0.15) is 46.4 Å². The molecule has 0 spiro atoms. The number of carbonyl (C=O) groups is 1. The van der Waals surface area contributed by atoms with E-state index in [9.17, 15) is 4.79 Å². The summed E-state index contributed by atoms with van der Waals surface area (Å²) >= 11 is 0. The van der Waals surface area contributed by atoms with Gasteiger partial charge in [0.05, 0.1) is 12.2 Å². The van der Waals surface area contributed by atoms with Gasteiger partial charge in [0.1, 0.15) is 0 Å². The maximum absolute atomic E-state index is 13.4. The van der Waals surface area contributed by atoms with E-state index in [2.05, 4.69) is 46.5 Å². The molecular weight excluding hydrogens is 432 g/mol. The van der Waals surface area contributed by atoms with Crippen LogP contribution in [-0.4, -0.2) is 33.9 Å². The Morgan fingerprint density at radius 1 is 1.03 bits per heavy atom. The first-order valence-electron chi connectivity index (χ1n) is 12.5. The number of benzene rings is 2. The predicted molar refractivity (Wildman–Crippen MR) is 141 cm³/mol. The lowest BCUT2D eigenvalue weighted by Gasteiger charge is -2.22. The van der Waals surface area contributed by atoms with E-state index >= 15 is 0 Å². The molecule has 2 aromatic carbocycles. The molecule has 3 heterocycles. The topological polar surface area (TPSA) is 58.1 Å². The normalized spacial score (nSPS) is 16.1. The fraction of sp³-hybridized carbons (Fsp3) is 0.300. The maximum atomic E-state index is 13.4. The molecule has 178 valence electrons. The number of fused-ring (bicyclic) bond motifs is 1.